The highest BCUT2D eigenvalue weighted by atomic mass is 16.6. The van der Waals surface area contributed by atoms with Gasteiger partial charge in [0.05, 0.1) is 0 Å². The third-order valence-electron chi connectivity index (χ3n) is 4.67. The van der Waals surface area contributed by atoms with Crippen LogP contribution in [0.15, 0.2) is 24.3 Å². The second-order valence-electron chi connectivity index (χ2n) is 8.83. The summed E-state index contributed by atoms with van der Waals surface area (Å²) in [5.41, 5.74) is 0.595. The van der Waals surface area contributed by atoms with Crippen molar-refractivity contribution in [2.75, 3.05) is 0 Å². The molecule has 2 aliphatic rings. The van der Waals surface area contributed by atoms with Gasteiger partial charge in [0.25, 0.3) is 0 Å². The summed E-state index contributed by atoms with van der Waals surface area (Å²) in [4.78, 5) is 11.8. The predicted octanol–water partition coefficient (Wildman–Crippen LogP) is 3.93. The van der Waals surface area contributed by atoms with E-state index in [1.54, 1.807) is 0 Å². The van der Waals surface area contributed by atoms with Gasteiger partial charge in [-0.25, -0.2) is 4.79 Å². The van der Waals surface area contributed by atoms with Gasteiger partial charge in [0, 0.05) is 30.1 Å². The molecule has 1 aromatic carbocycles. The first-order valence-corrected chi connectivity index (χ1v) is 9.15. The van der Waals surface area contributed by atoms with Crippen LogP contribution in [0.25, 0.3) is 0 Å². The number of ether oxygens (including phenoxy) is 2. The van der Waals surface area contributed by atoms with E-state index in [1.165, 1.54) is 5.56 Å². The largest absolute Gasteiger partial charge is 0.487 e. The Hall–Kier alpha value is -1.75. The first-order valence-electron chi connectivity index (χ1n) is 9.15. The van der Waals surface area contributed by atoms with Crippen LogP contribution >= 0.6 is 0 Å². The van der Waals surface area contributed by atoms with E-state index in [-0.39, 0.29) is 23.8 Å². The molecule has 0 spiro atoms. The third kappa shape index (κ3) is 4.66. The minimum Gasteiger partial charge on any atom is -0.487 e. The lowest BCUT2D eigenvalue weighted by atomic mass is 9.83. The Morgan fingerprint density at radius 3 is 2.56 bits per heavy atom. The monoisotopic (exact) mass is 346 g/mol. The molecule has 1 heterocycles. The predicted molar refractivity (Wildman–Crippen MR) is 97.8 cm³/mol. The second-order valence-corrected chi connectivity index (χ2v) is 8.83. The van der Waals surface area contributed by atoms with Crippen LogP contribution in [0.4, 0.5) is 4.79 Å². The SMILES string of the molecule is CC(C)(C)OC(=O)NC1CC(NC2CC(C)(C)Oc3ccccc32)C1. The van der Waals surface area contributed by atoms with Crippen LogP contribution in [0.5, 0.6) is 5.75 Å². The average Bonchev–Trinajstić information content (AvgIpc) is 2.41. The highest BCUT2D eigenvalue weighted by molar-refractivity contribution is 5.68. The van der Waals surface area contributed by atoms with Crippen LogP contribution in [-0.4, -0.2) is 29.4 Å². The van der Waals surface area contributed by atoms with Crippen LogP contribution in [0.1, 0.15) is 65.5 Å². The lowest BCUT2D eigenvalue weighted by Crippen LogP contribution is -2.54. The van der Waals surface area contributed by atoms with E-state index in [0.29, 0.717) is 6.04 Å². The van der Waals surface area contributed by atoms with Crippen molar-refractivity contribution in [3.63, 3.8) is 0 Å². The third-order valence-corrected chi connectivity index (χ3v) is 4.67. The molecular weight excluding hydrogens is 316 g/mol. The van der Waals surface area contributed by atoms with E-state index in [0.717, 1.165) is 25.0 Å². The van der Waals surface area contributed by atoms with Gasteiger partial charge in [-0.05, 0) is 53.5 Å². The number of amides is 1. The molecule has 1 atom stereocenters. The first kappa shape index (κ1) is 18.1. The summed E-state index contributed by atoms with van der Waals surface area (Å²) < 4.78 is 11.4. The van der Waals surface area contributed by atoms with E-state index in [2.05, 4.69) is 36.6 Å². The quantitative estimate of drug-likeness (QED) is 0.870. The lowest BCUT2D eigenvalue weighted by Gasteiger charge is -2.43. The molecule has 2 N–H and O–H groups in total. The maximum absolute atomic E-state index is 11.8. The van der Waals surface area contributed by atoms with Crippen LogP contribution in [0.3, 0.4) is 0 Å². The van der Waals surface area contributed by atoms with E-state index in [1.807, 2.05) is 32.9 Å². The molecule has 1 aliphatic carbocycles. The van der Waals surface area contributed by atoms with Crippen molar-refractivity contribution in [3.8, 4) is 5.75 Å². The van der Waals surface area contributed by atoms with E-state index < -0.39 is 5.60 Å². The molecule has 0 bridgehead atoms. The molecule has 1 aliphatic heterocycles. The summed E-state index contributed by atoms with van der Waals surface area (Å²) in [6.45, 7) is 9.89. The normalized spacial score (nSPS) is 27.5. The molecule has 1 amide bonds. The van der Waals surface area contributed by atoms with Crippen molar-refractivity contribution in [2.45, 2.75) is 83.2 Å². The maximum Gasteiger partial charge on any atom is 0.407 e. The molecule has 0 aromatic heterocycles. The fourth-order valence-electron chi connectivity index (χ4n) is 3.58. The zero-order valence-electron chi connectivity index (χ0n) is 15.9. The van der Waals surface area contributed by atoms with Crippen molar-refractivity contribution in [2.24, 2.45) is 0 Å². The summed E-state index contributed by atoms with van der Waals surface area (Å²) in [5, 5.41) is 6.70. The van der Waals surface area contributed by atoms with Gasteiger partial charge < -0.3 is 20.1 Å². The van der Waals surface area contributed by atoms with E-state index in [4.69, 9.17) is 9.47 Å². The summed E-state index contributed by atoms with van der Waals surface area (Å²) in [5.74, 6) is 0.971. The second kappa shape index (κ2) is 6.52. The van der Waals surface area contributed by atoms with Crippen LogP contribution < -0.4 is 15.4 Å². The van der Waals surface area contributed by atoms with Gasteiger partial charge in [0.2, 0.25) is 0 Å². The van der Waals surface area contributed by atoms with Crippen LogP contribution in [-0.2, 0) is 4.74 Å². The fraction of sp³-hybridized carbons (Fsp3) is 0.650. The zero-order chi connectivity index (χ0) is 18.2. The number of para-hydroxylation sites is 1. The molecule has 3 rings (SSSR count). The standard InChI is InChI=1S/C20H30N2O3/c1-19(2,3)25-18(23)22-14-10-13(11-14)21-16-12-20(4,5)24-17-9-7-6-8-15(16)17/h6-9,13-14,16,21H,10-12H2,1-5H3,(H,22,23). The number of rotatable bonds is 3. The van der Waals surface area contributed by atoms with Crippen LogP contribution in [0.2, 0.25) is 0 Å². The molecule has 5 heteroatoms. The average molecular weight is 346 g/mol. The maximum atomic E-state index is 11.8. The molecule has 0 saturated heterocycles. The molecule has 138 valence electrons. The Balaban J connectivity index is 1.53. The number of alkyl carbamates (subject to hydrolysis) is 1. The number of hydrogen-bond acceptors (Lipinski definition) is 4. The van der Waals surface area contributed by atoms with Gasteiger partial charge in [0.15, 0.2) is 0 Å². The van der Waals surface area contributed by atoms with Crippen molar-refractivity contribution in [1.82, 2.24) is 10.6 Å². The Bertz CT molecular complexity index is 630. The Morgan fingerprint density at radius 2 is 1.88 bits per heavy atom. The molecule has 1 aromatic rings. The summed E-state index contributed by atoms with van der Waals surface area (Å²) >= 11 is 0. The number of hydrogen-bond donors (Lipinski definition) is 2. The van der Waals surface area contributed by atoms with Gasteiger partial charge in [0.1, 0.15) is 17.0 Å². The Morgan fingerprint density at radius 1 is 1.20 bits per heavy atom. The highest BCUT2D eigenvalue weighted by Crippen LogP contribution is 2.40. The molecule has 5 nitrogen and oxygen atoms in total. The molecule has 25 heavy (non-hydrogen) atoms. The van der Waals surface area contributed by atoms with Crippen molar-refractivity contribution < 1.29 is 14.3 Å². The number of carbonyl (C=O) groups is 1. The van der Waals surface area contributed by atoms with Gasteiger partial charge >= 0.3 is 6.09 Å². The van der Waals surface area contributed by atoms with E-state index >= 15 is 0 Å². The minimum atomic E-state index is -0.455. The summed E-state index contributed by atoms with van der Waals surface area (Å²) in [7, 11) is 0. The Kier molecular flexibility index (Phi) is 4.71. The fourth-order valence-corrected chi connectivity index (χ4v) is 3.58. The molecular formula is C20H30N2O3. The smallest absolute Gasteiger partial charge is 0.407 e. The highest BCUT2D eigenvalue weighted by Gasteiger charge is 2.38. The molecule has 1 unspecified atom stereocenters. The van der Waals surface area contributed by atoms with Crippen LogP contribution in [0, 0.1) is 0 Å². The van der Waals surface area contributed by atoms with Crippen molar-refractivity contribution >= 4 is 6.09 Å². The summed E-state index contributed by atoms with van der Waals surface area (Å²) in [6.07, 6.45) is 2.47. The minimum absolute atomic E-state index is 0.177. The summed E-state index contributed by atoms with van der Waals surface area (Å²) in [6, 6.07) is 9.13. The topological polar surface area (TPSA) is 59.6 Å². The van der Waals surface area contributed by atoms with Gasteiger partial charge in [-0.3, -0.25) is 0 Å². The van der Waals surface area contributed by atoms with Gasteiger partial charge in [-0.15, -0.1) is 0 Å². The van der Waals surface area contributed by atoms with E-state index in [9.17, 15) is 4.79 Å². The zero-order valence-corrected chi connectivity index (χ0v) is 15.9. The van der Waals surface area contributed by atoms with Gasteiger partial charge in [-0.2, -0.15) is 0 Å². The molecule has 1 fully saturated rings. The number of fused-ring (bicyclic) bond motifs is 1. The molecule has 1 saturated carbocycles. The van der Waals surface area contributed by atoms with Crippen molar-refractivity contribution in [3.05, 3.63) is 29.8 Å². The molecule has 0 radical (unpaired) electrons. The van der Waals surface area contributed by atoms with Gasteiger partial charge in [-0.1, -0.05) is 18.2 Å². The lowest BCUT2D eigenvalue weighted by molar-refractivity contribution is 0.0439. The number of nitrogens with one attached hydrogen (secondary N) is 2. The van der Waals surface area contributed by atoms with Crippen molar-refractivity contribution in [1.29, 1.82) is 0 Å². The first-order chi connectivity index (χ1) is 11.6. The number of carbonyl (C=O) groups excluding carboxylic acids is 1. The number of benzene rings is 1. The Labute approximate surface area is 150 Å².